The lowest BCUT2D eigenvalue weighted by atomic mass is 10.1. The molecule has 0 radical (unpaired) electrons. The van der Waals surface area contributed by atoms with E-state index in [1.165, 1.54) is 10.4 Å². The van der Waals surface area contributed by atoms with Crippen molar-refractivity contribution in [1.82, 2.24) is 10.6 Å². The first-order valence-electron chi connectivity index (χ1n) is 6.93. The van der Waals surface area contributed by atoms with Crippen LogP contribution in [0.25, 0.3) is 0 Å². The van der Waals surface area contributed by atoms with Crippen molar-refractivity contribution in [3.63, 3.8) is 0 Å². The molecule has 2 rings (SSSR count). The van der Waals surface area contributed by atoms with E-state index in [1.54, 1.807) is 11.3 Å². The molecule has 1 aromatic carbocycles. The molecule has 2 aromatic rings. The van der Waals surface area contributed by atoms with Gasteiger partial charge in [-0.25, -0.2) is 0 Å². The summed E-state index contributed by atoms with van der Waals surface area (Å²) in [6.07, 6.45) is 3.25. The molecule has 0 bridgehead atoms. The van der Waals surface area contributed by atoms with Gasteiger partial charge in [-0.05, 0) is 47.7 Å². The highest BCUT2D eigenvalue weighted by molar-refractivity contribution is 7.98. The maximum Gasteiger partial charge on any atom is 0.167 e. The van der Waals surface area contributed by atoms with Crippen molar-refractivity contribution in [3.05, 3.63) is 58.3 Å². The second kappa shape index (κ2) is 9.07. The van der Waals surface area contributed by atoms with E-state index in [1.807, 2.05) is 17.8 Å². The Labute approximate surface area is 140 Å². The number of benzene rings is 1. The Hall–Kier alpha value is -1.04. The summed E-state index contributed by atoms with van der Waals surface area (Å²) >= 11 is 9.04. The van der Waals surface area contributed by atoms with E-state index in [9.17, 15) is 0 Å². The standard InChI is InChI=1S/C16H20N2S3/c1-20-11-6-10-17-16(19)18-15(14-9-5-12-21-14)13-7-3-2-4-8-13/h2-5,7-9,12,15H,6,10-11H2,1H3,(H2,17,18,19)/t15-/m1/s1. The fourth-order valence-corrected chi connectivity index (χ4v) is 3.48. The fourth-order valence-electron chi connectivity index (χ4n) is 2.02. The quantitative estimate of drug-likeness (QED) is 0.588. The van der Waals surface area contributed by atoms with Crippen LogP contribution >= 0.6 is 35.3 Å². The minimum Gasteiger partial charge on any atom is -0.363 e. The van der Waals surface area contributed by atoms with E-state index in [0.29, 0.717) is 0 Å². The smallest absolute Gasteiger partial charge is 0.167 e. The van der Waals surface area contributed by atoms with Crippen molar-refractivity contribution in [1.29, 1.82) is 0 Å². The maximum atomic E-state index is 5.43. The first kappa shape index (κ1) is 16.3. The van der Waals surface area contributed by atoms with Crippen molar-refractivity contribution in [3.8, 4) is 0 Å². The largest absolute Gasteiger partial charge is 0.363 e. The van der Waals surface area contributed by atoms with Crippen molar-refractivity contribution in [2.75, 3.05) is 18.6 Å². The summed E-state index contributed by atoms with van der Waals surface area (Å²) in [4.78, 5) is 1.27. The Balaban J connectivity index is 1.99. The molecule has 0 fully saturated rings. The van der Waals surface area contributed by atoms with Gasteiger partial charge in [0.05, 0.1) is 6.04 Å². The van der Waals surface area contributed by atoms with Crippen LogP contribution in [0.15, 0.2) is 47.8 Å². The third-order valence-corrected chi connectivity index (χ3v) is 4.94. The summed E-state index contributed by atoms with van der Waals surface area (Å²) < 4.78 is 0. The summed E-state index contributed by atoms with van der Waals surface area (Å²) in [5.41, 5.74) is 1.23. The number of nitrogens with one attached hydrogen (secondary N) is 2. The summed E-state index contributed by atoms with van der Waals surface area (Å²) in [5, 5.41) is 9.55. The molecule has 1 heterocycles. The van der Waals surface area contributed by atoms with Gasteiger partial charge in [0.1, 0.15) is 0 Å². The van der Waals surface area contributed by atoms with Gasteiger partial charge >= 0.3 is 0 Å². The summed E-state index contributed by atoms with van der Waals surface area (Å²) in [5.74, 6) is 1.16. The molecular formula is C16H20N2S3. The summed E-state index contributed by atoms with van der Waals surface area (Å²) in [6.45, 7) is 0.915. The highest BCUT2D eigenvalue weighted by Crippen LogP contribution is 2.25. The normalized spacial score (nSPS) is 11.9. The third kappa shape index (κ3) is 5.34. The van der Waals surface area contributed by atoms with Gasteiger partial charge in [0, 0.05) is 11.4 Å². The van der Waals surface area contributed by atoms with E-state index in [-0.39, 0.29) is 6.04 Å². The molecular weight excluding hydrogens is 316 g/mol. The molecule has 0 aliphatic carbocycles. The van der Waals surface area contributed by atoms with E-state index in [4.69, 9.17) is 12.2 Å². The van der Waals surface area contributed by atoms with E-state index in [2.05, 4.69) is 58.7 Å². The van der Waals surface area contributed by atoms with Gasteiger partial charge in [-0.2, -0.15) is 11.8 Å². The average molecular weight is 337 g/mol. The Morgan fingerprint density at radius 2 is 2.05 bits per heavy atom. The number of hydrogen-bond donors (Lipinski definition) is 2. The number of thioether (sulfide) groups is 1. The third-order valence-electron chi connectivity index (χ3n) is 3.05. The molecule has 0 spiro atoms. The SMILES string of the molecule is CSCCCNC(=S)N[C@H](c1ccccc1)c1cccs1. The lowest BCUT2D eigenvalue weighted by molar-refractivity contribution is 0.741. The summed E-state index contributed by atoms with van der Waals surface area (Å²) in [6, 6.07) is 14.8. The van der Waals surface area contributed by atoms with E-state index < -0.39 is 0 Å². The monoisotopic (exact) mass is 336 g/mol. The van der Waals surface area contributed by atoms with Crippen molar-refractivity contribution in [2.24, 2.45) is 0 Å². The van der Waals surface area contributed by atoms with Gasteiger partial charge in [0.2, 0.25) is 0 Å². The Morgan fingerprint density at radius 1 is 1.24 bits per heavy atom. The van der Waals surface area contributed by atoms with Gasteiger partial charge in [-0.15, -0.1) is 11.3 Å². The van der Waals surface area contributed by atoms with Crippen molar-refractivity contribution < 1.29 is 0 Å². The van der Waals surface area contributed by atoms with Crippen LogP contribution in [0.3, 0.4) is 0 Å². The Bertz CT molecular complexity index is 526. The molecule has 2 N–H and O–H groups in total. The average Bonchev–Trinajstić information content (AvgIpc) is 3.04. The number of thiocarbonyl (C=S) groups is 1. The Morgan fingerprint density at radius 3 is 2.71 bits per heavy atom. The lowest BCUT2D eigenvalue weighted by Crippen LogP contribution is -2.38. The van der Waals surface area contributed by atoms with Gasteiger partial charge < -0.3 is 10.6 Å². The summed E-state index contributed by atoms with van der Waals surface area (Å²) in [7, 11) is 0. The van der Waals surface area contributed by atoms with Crippen LogP contribution in [-0.2, 0) is 0 Å². The van der Waals surface area contributed by atoms with E-state index >= 15 is 0 Å². The van der Waals surface area contributed by atoms with Crippen molar-refractivity contribution in [2.45, 2.75) is 12.5 Å². The fraction of sp³-hybridized carbons (Fsp3) is 0.312. The topological polar surface area (TPSA) is 24.1 Å². The highest BCUT2D eigenvalue weighted by atomic mass is 32.2. The molecule has 0 amide bonds. The second-order valence-corrected chi connectivity index (χ2v) is 6.98. The molecule has 112 valence electrons. The predicted octanol–water partition coefficient (Wildman–Crippen LogP) is 4.05. The van der Waals surface area contributed by atoms with Crippen LogP contribution in [-0.4, -0.2) is 23.7 Å². The lowest BCUT2D eigenvalue weighted by Gasteiger charge is -2.20. The number of rotatable bonds is 7. The molecule has 0 unspecified atom stereocenters. The van der Waals surface area contributed by atoms with Gasteiger partial charge in [-0.1, -0.05) is 36.4 Å². The molecule has 1 aromatic heterocycles. The molecule has 21 heavy (non-hydrogen) atoms. The van der Waals surface area contributed by atoms with Gasteiger partial charge in [0.15, 0.2) is 5.11 Å². The van der Waals surface area contributed by atoms with Crippen LogP contribution in [0, 0.1) is 0 Å². The van der Waals surface area contributed by atoms with Gasteiger partial charge in [0.25, 0.3) is 0 Å². The molecule has 0 aliphatic heterocycles. The predicted molar refractivity (Wildman–Crippen MR) is 99.3 cm³/mol. The van der Waals surface area contributed by atoms with Crippen LogP contribution in [0.2, 0.25) is 0 Å². The van der Waals surface area contributed by atoms with Crippen LogP contribution in [0.5, 0.6) is 0 Å². The molecule has 0 aliphatic rings. The molecule has 1 atom stereocenters. The minimum absolute atomic E-state index is 0.117. The minimum atomic E-state index is 0.117. The van der Waals surface area contributed by atoms with E-state index in [0.717, 1.165) is 23.8 Å². The molecule has 0 saturated carbocycles. The first-order chi connectivity index (χ1) is 10.3. The second-order valence-electron chi connectivity index (χ2n) is 4.61. The zero-order valence-electron chi connectivity index (χ0n) is 12.0. The highest BCUT2D eigenvalue weighted by Gasteiger charge is 2.15. The first-order valence-corrected chi connectivity index (χ1v) is 9.61. The zero-order valence-corrected chi connectivity index (χ0v) is 14.5. The molecule has 2 nitrogen and oxygen atoms in total. The molecule has 5 heteroatoms. The van der Waals surface area contributed by atoms with Crippen molar-refractivity contribution >= 4 is 40.4 Å². The number of thiophene rings is 1. The number of hydrogen-bond acceptors (Lipinski definition) is 3. The Kier molecular flexibility index (Phi) is 7.06. The zero-order chi connectivity index (χ0) is 14.9. The van der Waals surface area contributed by atoms with Crippen LogP contribution < -0.4 is 10.6 Å². The van der Waals surface area contributed by atoms with Gasteiger partial charge in [-0.3, -0.25) is 0 Å². The molecule has 0 saturated heterocycles. The van der Waals surface area contributed by atoms with Crippen LogP contribution in [0.4, 0.5) is 0 Å². The van der Waals surface area contributed by atoms with Crippen LogP contribution in [0.1, 0.15) is 22.9 Å². The maximum absolute atomic E-state index is 5.43.